The molecule has 0 radical (unpaired) electrons. The summed E-state index contributed by atoms with van der Waals surface area (Å²) in [4.78, 5) is 35.4. The molecular formula is C27H28F8N6O3. The molecule has 4 rings (SSSR count). The normalized spacial score (nSPS) is 17.5. The van der Waals surface area contributed by atoms with E-state index in [2.05, 4.69) is 30.9 Å². The molecule has 17 heteroatoms. The van der Waals surface area contributed by atoms with Crippen LogP contribution in [0.5, 0.6) is 5.88 Å². The largest absolute Gasteiger partial charge is 0.471 e. The van der Waals surface area contributed by atoms with Crippen LogP contribution in [0.25, 0.3) is 11.2 Å². The number of ether oxygens (including phenoxy) is 1. The molecule has 0 bridgehead atoms. The number of alkyl halides is 8. The van der Waals surface area contributed by atoms with E-state index in [1.54, 1.807) is 6.92 Å². The minimum atomic E-state index is -4.77. The molecule has 4 N–H and O–H groups in total. The fourth-order valence-electron chi connectivity index (χ4n) is 4.73. The summed E-state index contributed by atoms with van der Waals surface area (Å²) in [5.74, 6) is -3.41. The number of anilines is 2. The molecule has 0 spiro atoms. The lowest BCUT2D eigenvalue weighted by Crippen LogP contribution is -2.40. The van der Waals surface area contributed by atoms with Crippen LogP contribution in [0.2, 0.25) is 0 Å². The van der Waals surface area contributed by atoms with E-state index in [4.69, 9.17) is 4.74 Å². The third-order valence-electron chi connectivity index (χ3n) is 7.01. The zero-order valence-corrected chi connectivity index (χ0v) is 23.1. The molecular weight excluding hydrogens is 608 g/mol. The van der Waals surface area contributed by atoms with Crippen molar-refractivity contribution < 1.29 is 49.4 Å². The third kappa shape index (κ3) is 8.25. The van der Waals surface area contributed by atoms with Crippen molar-refractivity contribution in [1.29, 1.82) is 0 Å². The zero-order valence-electron chi connectivity index (χ0n) is 23.1. The van der Waals surface area contributed by atoms with Gasteiger partial charge in [-0.15, -0.1) is 0 Å². The van der Waals surface area contributed by atoms with Gasteiger partial charge in [0, 0.05) is 19.0 Å². The first kappa shape index (κ1) is 32.7. The van der Waals surface area contributed by atoms with Crippen molar-refractivity contribution in [2.45, 2.75) is 70.4 Å². The standard InChI is InChI=1S/C27H28F8N6O3/c1-2-21(42)36-11-13-3-8-17(27(33,34)35)18(9-13)38-25-39-19-10-16(24(40-22(19)41-25)44-12-20(28)29)23(43)37-15-6-4-14(5-7-15)26(30,31)32/h3,8-10,14-15,20H,2,4-7,11-12H2,1H3,(H,36,42)(H,37,43)(H2,38,39,40,41). The van der Waals surface area contributed by atoms with E-state index in [1.807, 2.05) is 0 Å². The van der Waals surface area contributed by atoms with Gasteiger partial charge in [0.2, 0.25) is 17.7 Å². The van der Waals surface area contributed by atoms with Gasteiger partial charge in [0.05, 0.1) is 22.7 Å². The lowest BCUT2D eigenvalue weighted by atomic mass is 9.85. The van der Waals surface area contributed by atoms with Gasteiger partial charge in [-0.25, -0.2) is 8.78 Å². The minimum absolute atomic E-state index is 0.0303. The van der Waals surface area contributed by atoms with Gasteiger partial charge < -0.3 is 25.7 Å². The molecule has 1 saturated carbocycles. The summed E-state index contributed by atoms with van der Waals surface area (Å²) in [6.07, 6.45) is -12.2. The number of carbonyl (C=O) groups excluding carboxylic acids is 2. The molecule has 240 valence electrons. The quantitative estimate of drug-likeness (QED) is 0.196. The van der Waals surface area contributed by atoms with Crippen LogP contribution in [0, 0.1) is 5.92 Å². The Morgan fingerprint density at radius 3 is 2.36 bits per heavy atom. The smallest absolute Gasteiger partial charge is 0.418 e. The van der Waals surface area contributed by atoms with Crippen molar-refractivity contribution in [1.82, 2.24) is 25.6 Å². The number of carbonyl (C=O) groups is 2. The summed E-state index contributed by atoms with van der Waals surface area (Å²) in [6.45, 7) is 0.440. The van der Waals surface area contributed by atoms with Crippen LogP contribution in [0.4, 0.5) is 46.8 Å². The van der Waals surface area contributed by atoms with Gasteiger partial charge in [0.25, 0.3) is 12.3 Å². The Hall–Kier alpha value is -4.18. The summed E-state index contributed by atoms with van der Waals surface area (Å²) in [5, 5.41) is 7.66. The van der Waals surface area contributed by atoms with Crippen LogP contribution in [0.15, 0.2) is 24.3 Å². The van der Waals surface area contributed by atoms with Gasteiger partial charge in [-0.2, -0.15) is 36.3 Å². The number of imidazole rings is 1. The number of benzene rings is 1. The first-order valence-electron chi connectivity index (χ1n) is 13.6. The Bertz CT molecular complexity index is 1480. The molecule has 0 unspecified atom stereocenters. The van der Waals surface area contributed by atoms with E-state index >= 15 is 0 Å². The molecule has 1 fully saturated rings. The van der Waals surface area contributed by atoms with E-state index in [-0.39, 0.29) is 67.2 Å². The molecule has 0 atom stereocenters. The van der Waals surface area contributed by atoms with Crippen LogP contribution in [0.3, 0.4) is 0 Å². The number of nitrogens with one attached hydrogen (secondary N) is 4. The SMILES string of the molecule is CCC(=O)NCc1ccc(C(F)(F)F)c(Nc2nc3nc(OCC(F)F)c(C(=O)NC4CCC(C(F)(F)F)CC4)cc3[nH]2)c1. The second kappa shape index (κ2) is 13.2. The van der Waals surface area contributed by atoms with Gasteiger partial charge >= 0.3 is 12.4 Å². The monoisotopic (exact) mass is 636 g/mol. The number of hydrogen-bond donors (Lipinski definition) is 4. The minimum Gasteiger partial charge on any atom is -0.471 e. The highest BCUT2D eigenvalue weighted by molar-refractivity contribution is 5.99. The maximum absolute atomic E-state index is 13.7. The second-order valence-electron chi connectivity index (χ2n) is 10.2. The fourth-order valence-corrected chi connectivity index (χ4v) is 4.73. The molecule has 1 aromatic carbocycles. The van der Waals surface area contributed by atoms with E-state index in [9.17, 15) is 44.7 Å². The van der Waals surface area contributed by atoms with Gasteiger partial charge in [-0.1, -0.05) is 13.0 Å². The average molecular weight is 637 g/mol. The van der Waals surface area contributed by atoms with Crippen LogP contribution >= 0.6 is 0 Å². The first-order chi connectivity index (χ1) is 20.6. The van der Waals surface area contributed by atoms with Crippen molar-refractivity contribution in [3.8, 4) is 5.88 Å². The number of H-pyrrole nitrogens is 1. The van der Waals surface area contributed by atoms with Crippen LogP contribution in [-0.4, -0.2) is 52.0 Å². The Morgan fingerprint density at radius 2 is 1.75 bits per heavy atom. The molecule has 2 heterocycles. The highest BCUT2D eigenvalue weighted by Crippen LogP contribution is 2.38. The highest BCUT2D eigenvalue weighted by Gasteiger charge is 2.41. The molecule has 44 heavy (non-hydrogen) atoms. The Morgan fingerprint density at radius 1 is 1.05 bits per heavy atom. The molecule has 2 aromatic heterocycles. The predicted molar refractivity (Wildman–Crippen MR) is 142 cm³/mol. The lowest BCUT2D eigenvalue weighted by molar-refractivity contribution is -0.182. The molecule has 3 aromatic rings. The number of aromatic amines is 1. The topological polar surface area (TPSA) is 121 Å². The van der Waals surface area contributed by atoms with Crippen LogP contribution < -0.4 is 20.7 Å². The molecule has 0 saturated heterocycles. The molecule has 0 aliphatic heterocycles. The Labute approximate surface area is 245 Å². The Balaban J connectivity index is 1.60. The third-order valence-corrected chi connectivity index (χ3v) is 7.01. The van der Waals surface area contributed by atoms with Crippen molar-refractivity contribution in [3.63, 3.8) is 0 Å². The van der Waals surface area contributed by atoms with Gasteiger partial charge in [-0.3, -0.25) is 9.59 Å². The highest BCUT2D eigenvalue weighted by atomic mass is 19.4. The Kier molecular flexibility index (Phi) is 9.83. The van der Waals surface area contributed by atoms with Crippen LogP contribution in [0.1, 0.15) is 60.5 Å². The van der Waals surface area contributed by atoms with E-state index in [1.165, 1.54) is 12.1 Å². The molecule has 9 nitrogen and oxygen atoms in total. The fraction of sp³-hybridized carbons (Fsp3) is 0.481. The van der Waals surface area contributed by atoms with Crippen molar-refractivity contribution in [2.75, 3.05) is 11.9 Å². The zero-order chi connectivity index (χ0) is 32.2. The first-order valence-corrected chi connectivity index (χ1v) is 13.6. The van der Waals surface area contributed by atoms with Gasteiger partial charge in [-0.05, 0) is 49.4 Å². The number of hydrogen-bond acceptors (Lipinski definition) is 6. The van der Waals surface area contributed by atoms with E-state index in [0.29, 0.717) is 5.56 Å². The molecule has 1 aliphatic carbocycles. The molecule has 1 aliphatic rings. The lowest BCUT2D eigenvalue weighted by Gasteiger charge is -2.30. The maximum atomic E-state index is 13.7. The number of nitrogens with zero attached hydrogens (tertiary/aromatic N) is 2. The number of aromatic nitrogens is 3. The summed E-state index contributed by atoms with van der Waals surface area (Å²) >= 11 is 0. The van der Waals surface area contributed by atoms with Crippen molar-refractivity contribution >= 4 is 34.6 Å². The van der Waals surface area contributed by atoms with E-state index < -0.39 is 60.4 Å². The van der Waals surface area contributed by atoms with E-state index in [0.717, 1.165) is 12.1 Å². The van der Waals surface area contributed by atoms with Crippen molar-refractivity contribution in [2.24, 2.45) is 5.92 Å². The summed E-state index contributed by atoms with van der Waals surface area (Å²) < 4.78 is 111. The summed E-state index contributed by atoms with van der Waals surface area (Å²) in [7, 11) is 0. The number of fused-ring (bicyclic) bond motifs is 1. The van der Waals surface area contributed by atoms with Gasteiger partial charge in [0.15, 0.2) is 12.3 Å². The second-order valence-corrected chi connectivity index (χ2v) is 10.2. The number of rotatable bonds is 10. The molecule has 2 amide bonds. The average Bonchev–Trinajstić information content (AvgIpc) is 3.34. The number of amides is 2. The predicted octanol–water partition coefficient (Wildman–Crippen LogP) is 6.24. The number of halogens is 8. The summed E-state index contributed by atoms with van der Waals surface area (Å²) in [6, 6.07) is 3.74. The number of pyridine rings is 1. The van der Waals surface area contributed by atoms with Gasteiger partial charge in [0.1, 0.15) is 5.56 Å². The van der Waals surface area contributed by atoms with Crippen LogP contribution in [-0.2, 0) is 17.5 Å². The van der Waals surface area contributed by atoms with Crippen molar-refractivity contribution in [3.05, 3.63) is 41.0 Å². The maximum Gasteiger partial charge on any atom is 0.418 e. The summed E-state index contributed by atoms with van der Waals surface area (Å²) in [5.41, 5.74) is -1.58.